The predicted molar refractivity (Wildman–Crippen MR) is 81.9 cm³/mol. The van der Waals surface area contributed by atoms with Gasteiger partial charge >= 0.3 is 6.03 Å². The van der Waals surface area contributed by atoms with Gasteiger partial charge in [-0.25, -0.2) is 4.79 Å². The van der Waals surface area contributed by atoms with E-state index in [0.29, 0.717) is 11.4 Å². The van der Waals surface area contributed by atoms with Gasteiger partial charge in [0, 0.05) is 17.2 Å². The van der Waals surface area contributed by atoms with Crippen molar-refractivity contribution in [2.75, 3.05) is 6.61 Å². The molecule has 1 aromatic rings. The van der Waals surface area contributed by atoms with E-state index >= 15 is 0 Å². The van der Waals surface area contributed by atoms with Crippen molar-refractivity contribution in [2.24, 2.45) is 0 Å². The maximum absolute atomic E-state index is 12.0. The summed E-state index contributed by atoms with van der Waals surface area (Å²) >= 11 is 5.84. The Kier molecular flexibility index (Phi) is 6.30. The van der Waals surface area contributed by atoms with Crippen molar-refractivity contribution in [3.05, 3.63) is 34.9 Å². The number of benzene rings is 1. The number of hydrogen-bond acceptors (Lipinski definition) is 2. The number of aliphatic hydroxyl groups excluding tert-OH is 1. The van der Waals surface area contributed by atoms with E-state index in [4.69, 9.17) is 16.7 Å². The summed E-state index contributed by atoms with van der Waals surface area (Å²) in [6, 6.07) is 7.04. The number of halogens is 1. The summed E-state index contributed by atoms with van der Waals surface area (Å²) in [6.45, 7) is 5.88. The smallest absolute Gasteiger partial charge is 0.315 e. The molecule has 0 saturated carbocycles. The van der Waals surface area contributed by atoms with Gasteiger partial charge in [-0.3, -0.25) is 0 Å². The van der Waals surface area contributed by atoms with Gasteiger partial charge < -0.3 is 15.7 Å². The highest BCUT2D eigenvalue weighted by Gasteiger charge is 2.24. The van der Waals surface area contributed by atoms with Crippen LogP contribution < -0.4 is 10.6 Å². The Bertz CT molecular complexity index is 436. The van der Waals surface area contributed by atoms with E-state index in [2.05, 4.69) is 10.6 Å². The van der Waals surface area contributed by atoms with Gasteiger partial charge in [0.25, 0.3) is 0 Å². The molecule has 1 rings (SSSR count). The predicted octanol–water partition coefficient (Wildman–Crippen LogP) is 3.25. The Morgan fingerprint density at radius 2 is 2.00 bits per heavy atom. The minimum Gasteiger partial charge on any atom is -0.396 e. The maximum atomic E-state index is 12.0. The molecule has 0 aliphatic heterocycles. The monoisotopic (exact) mass is 298 g/mol. The second-order valence-electron chi connectivity index (χ2n) is 5.26. The van der Waals surface area contributed by atoms with Crippen molar-refractivity contribution in [1.29, 1.82) is 0 Å². The molecule has 0 spiro atoms. The van der Waals surface area contributed by atoms with Crippen LogP contribution in [0.25, 0.3) is 0 Å². The molecule has 2 atom stereocenters. The van der Waals surface area contributed by atoms with Crippen LogP contribution in [0.5, 0.6) is 0 Å². The summed E-state index contributed by atoms with van der Waals surface area (Å²) in [5.74, 6) is 0. The highest BCUT2D eigenvalue weighted by atomic mass is 35.5. The first-order valence-corrected chi connectivity index (χ1v) is 7.23. The van der Waals surface area contributed by atoms with Crippen LogP contribution in [-0.4, -0.2) is 23.3 Å². The Labute approximate surface area is 125 Å². The molecule has 5 heteroatoms. The van der Waals surface area contributed by atoms with Crippen LogP contribution in [0.3, 0.4) is 0 Å². The molecule has 112 valence electrons. The second-order valence-corrected chi connectivity index (χ2v) is 5.70. The minimum atomic E-state index is -0.390. The zero-order chi connectivity index (χ0) is 15.2. The zero-order valence-electron chi connectivity index (χ0n) is 12.2. The van der Waals surface area contributed by atoms with Gasteiger partial charge in [-0.1, -0.05) is 30.7 Å². The third-order valence-electron chi connectivity index (χ3n) is 3.58. The fourth-order valence-electron chi connectivity index (χ4n) is 1.92. The molecule has 0 aliphatic rings. The number of nitrogens with one attached hydrogen (secondary N) is 2. The number of urea groups is 1. The summed E-state index contributed by atoms with van der Waals surface area (Å²) in [6.07, 6.45) is 1.29. The first-order chi connectivity index (χ1) is 9.40. The van der Waals surface area contributed by atoms with E-state index in [1.807, 2.05) is 32.9 Å². The fraction of sp³-hybridized carbons (Fsp3) is 0.533. The van der Waals surface area contributed by atoms with E-state index in [-0.39, 0.29) is 18.7 Å². The van der Waals surface area contributed by atoms with Crippen LogP contribution in [0.4, 0.5) is 4.79 Å². The lowest BCUT2D eigenvalue weighted by molar-refractivity contribution is 0.199. The highest BCUT2D eigenvalue weighted by molar-refractivity contribution is 6.30. The molecule has 20 heavy (non-hydrogen) atoms. The number of carbonyl (C=O) groups is 1. The van der Waals surface area contributed by atoms with Crippen molar-refractivity contribution in [1.82, 2.24) is 10.6 Å². The van der Waals surface area contributed by atoms with Crippen LogP contribution in [0, 0.1) is 0 Å². The highest BCUT2D eigenvalue weighted by Crippen LogP contribution is 2.17. The summed E-state index contributed by atoms with van der Waals surface area (Å²) in [5, 5.41) is 15.5. The quantitative estimate of drug-likeness (QED) is 0.755. The lowest BCUT2D eigenvalue weighted by atomic mass is 9.95. The lowest BCUT2D eigenvalue weighted by Crippen LogP contribution is -2.50. The Balaban J connectivity index is 2.59. The van der Waals surface area contributed by atoms with E-state index in [9.17, 15) is 4.79 Å². The largest absolute Gasteiger partial charge is 0.396 e. The third kappa shape index (κ3) is 5.02. The molecule has 1 aromatic carbocycles. The maximum Gasteiger partial charge on any atom is 0.315 e. The number of rotatable bonds is 6. The lowest BCUT2D eigenvalue weighted by Gasteiger charge is -2.29. The van der Waals surface area contributed by atoms with Crippen LogP contribution in [0.2, 0.25) is 5.02 Å². The first-order valence-electron chi connectivity index (χ1n) is 6.85. The first kappa shape index (κ1) is 16.8. The topological polar surface area (TPSA) is 61.4 Å². The molecule has 2 amide bonds. The Morgan fingerprint density at radius 1 is 1.40 bits per heavy atom. The standard InChI is InChI=1S/C15H23ClN2O2/c1-4-15(3,9-10-19)18-14(20)17-11(2)12-5-7-13(16)8-6-12/h5-8,11,19H,4,9-10H2,1-3H3,(H2,17,18,20). The molecule has 4 nitrogen and oxygen atoms in total. The SMILES string of the molecule is CCC(C)(CCO)NC(=O)NC(C)c1ccc(Cl)cc1. The van der Waals surface area contributed by atoms with Crippen molar-refractivity contribution in [2.45, 2.75) is 45.2 Å². The average molecular weight is 299 g/mol. The van der Waals surface area contributed by atoms with Crippen molar-refractivity contribution >= 4 is 17.6 Å². The normalized spacial score (nSPS) is 15.2. The van der Waals surface area contributed by atoms with E-state index < -0.39 is 5.54 Å². The number of hydrogen-bond donors (Lipinski definition) is 3. The summed E-state index contributed by atoms with van der Waals surface area (Å²) in [5.41, 5.74) is 0.600. The number of amides is 2. The van der Waals surface area contributed by atoms with Crippen LogP contribution in [0.15, 0.2) is 24.3 Å². The van der Waals surface area contributed by atoms with Gasteiger partial charge in [0.05, 0.1) is 6.04 Å². The van der Waals surface area contributed by atoms with Gasteiger partial charge in [0.1, 0.15) is 0 Å². The molecule has 0 bridgehead atoms. The van der Waals surface area contributed by atoms with Gasteiger partial charge in [-0.05, 0) is 44.4 Å². The van der Waals surface area contributed by atoms with Crippen molar-refractivity contribution in [3.63, 3.8) is 0 Å². The fourth-order valence-corrected chi connectivity index (χ4v) is 2.04. The minimum absolute atomic E-state index is 0.0529. The molecule has 0 aliphatic carbocycles. The summed E-state index contributed by atoms with van der Waals surface area (Å²) < 4.78 is 0. The molecule has 0 aromatic heterocycles. The molecular weight excluding hydrogens is 276 g/mol. The van der Waals surface area contributed by atoms with E-state index in [1.165, 1.54) is 0 Å². The molecule has 0 heterocycles. The van der Waals surface area contributed by atoms with Gasteiger partial charge in [-0.2, -0.15) is 0 Å². The Morgan fingerprint density at radius 3 is 2.50 bits per heavy atom. The van der Waals surface area contributed by atoms with Gasteiger partial charge in [0.15, 0.2) is 0 Å². The molecule has 0 fully saturated rings. The van der Waals surface area contributed by atoms with Gasteiger partial charge in [-0.15, -0.1) is 0 Å². The van der Waals surface area contributed by atoms with Crippen molar-refractivity contribution in [3.8, 4) is 0 Å². The van der Waals surface area contributed by atoms with E-state index in [1.54, 1.807) is 12.1 Å². The molecule has 0 radical (unpaired) electrons. The number of aliphatic hydroxyl groups is 1. The summed E-state index contributed by atoms with van der Waals surface area (Å²) in [4.78, 5) is 12.0. The van der Waals surface area contributed by atoms with Crippen LogP contribution >= 0.6 is 11.6 Å². The van der Waals surface area contributed by atoms with Crippen LogP contribution in [0.1, 0.15) is 45.2 Å². The van der Waals surface area contributed by atoms with Crippen LogP contribution in [-0.2, 0) is 0 Å². The Hall–Kier alpha value is -1.26. The molecule has 0 saturated heterocycles. The van der Waals surface area contributed by atoms with E-state index in [0.717, 1.165) is 12.0 Å². The molecule has 2 unspecified atom stereocenters. The zero-order valence-corrected chi connectivity index (χ0v) is 13.0. The average Bonchev–Trinajstić information content (AvgIpc) is 2.39. The second kappa shape index (κ2) is 7.50. The number of carbonyl (C=O) groups excluding carboxylic acids is 1. The van der Waals surface area contributed by atoms with Crippen molar-refractivity contribution < 1.29 is 9.90 Å². The third-order valence-corrected chi connectivity index (χ3v) is 3.83. The van der Waals surface area contributed by atoms with Gasteiger partial charge in [0.2, 0.25) is 0 Å². The molecular formula is C15H23ClN2O2. The summed E-state index contributed by atoms with van der Waals surface area (Å²) in [7, 11) is 0. The molecule has 3 N–H and O–H groups in total.